The SMILES string of the molecule is O=C(CNc1ccc(C(=O)N2CCCC2)cc1)Nc1ccc(C(=O)NCC2CCCO2)cc1. The molecule has 8 heteroatoms. The number of benzene rings is 2. The average Bonchev–Trinajstić information content (AvgIpc) is 3.56. The zero-order chi connectivity index (χ0) is 23.0. The lowest BCUT2D eigenvalue weighted by molar-refractivity contribution is -0.114. The molecule has 2 aliphatic heterocycles. The van der Waals surface area contributed by atoms with E-state index in [1.165, 1.54) is 0 Å². The number of hydrogen-bond acceptors (Lipinski definition) is 5. The van der Waals surface area contributed by atoms with Crippen LogP contribution in [0.4, 0.5) is 11.4 Å². The fraction of sp³-hybridized carbons (Fsp3) is 0.400. The molecule has 4 rings (SSSR count). The van der Waals surface area contributed by atoms with E-state index in [-0.39, 0.29) is 30.4 Å². The van der Waals surface area contributed by atoms with Crippen molar-refractivity contribution in [3.05, 3.63) is 59.7 Å². The number of hydrogen-bond donors (Lipinski definition) is 3. The van der Waals surface area contributed by atoms with Gasteiger partial charge in [0.25, 0.3) is 11.8 Å². The first-order valence-electron chi connectivity index (χ1n) is 11.5. The summed E-state index contributed by atoms with van der Waals surface area (Å²) in [4.78, 5) is 38.8. The summed E-state index contributed by atoms with van der Waals surface area (Å²) >= 11 is 0. The Hall–Kier alpha value is -3.39. The largest absolute Gasteiger partial charge is 0.376 e. The fourth-order valence-corrected chi connectivity index (χ4v) is 4.04. The fourth-order valence-electron chi connectivity index (χ4n) is 4.04. The number of rotatable bonds is 8. The number of anilines is 2. The molecular weight excluding hydrogens is 420 g/mol. The lowest BCUT2D eigenvalue weighted by Gasteiger charge is -2.15. The molecule has 0 saturated carbocycles. The molecule has 174 valence electrons. The lowest BCUT2D eigenvalue weighted by atomic mass is 10.1. The van der Waals surface area contributed by atoms with Gasteiger partial charge in [0.05, 0.1) is 12.6 Å². The van der Waals surface area contributed by atoms with Crippen molar-refractivity contribution in [1.29, 1.82) is 0 Å². The van der Waals surface area contributed by atoms with Gasteiger partial charge in [0.15, 0.2) is 0 Å². The van der Waals surface area contributed by atoms with Crippen molar-refractivity contribution in [2.24, 2.45) is 0 Å². The maximum atomic E-state index is 12.4. The third kappa shape index (κ3) is 6.32. The molecule has 2 aromatic rings. The molecule has 33 heavy (non-hydrogen) atoms. The van der Waals surface area contributed by atoms with Crippen LogP contribution < -0.4 is 16.0 Å². The topological polar surface area (TPSA) is 99.8 Å². The zero-order valence-electron chi connectivity index (χ0n) is 18.6. The molecule has 0 bridgehead atoms. The maximum Gasteiger partial charge on any atom is 0.253 e. The number of nitrogens with zero attached hydrogens (tertiary/aromatic N) is 1. The summed E-state index contributed by atoms with van der Waals surface area (Å²) in [5.41, 5.74) is 2.57. The van der Waals surface area contributed by atoms with Gasteiger partial charge in [0.1, 0.15) is 0 Å². The molecule has 3 N–H and O–H groups in total. The van der Waals surface area contributed by atoms with E-state index in [0.717, 1.165) is 51.1 Å². The second-order valence-electron chi connectivity index (χ2n) is 8.40. The van der Waals surface area contributed by atoms with E-state index in [4.69, 9.17) is 4.74 Å². The van der Waals surface area contributed by atoms with E-state index in [1.54, 1.807) is 48.5 Å². The number of likely N-dealkylation sites (tertiary alicyclic amines) is 1. The maximum absolute atomic E-state index is 12.4. The lowest BCUT2D eigenvalue weighted by Crippen LogP contribution is -2.31. The molecule has 0 aliphatic carbocycles. The zero-order valence-corrected chi connectivity index (χ0v) is 18.6. The first-order valence-corrected chi connectivity index (χ1v) is 11.5. The predicted octanol–water partition coefficient (Wildman–Crippen LogP) is 2.88. The molecule has 0 aromatic heterocycles. The Labute approximate surface area is 193 Å². The summed E-state index contributed by atoms with van der Waals surface area (Å²) in [6, 6.07) is 14.0. The second-order valence-corrected chi connectivity index (χ2v) is 8.40. The Kier molecular flexibility index (Phi) is 7.57. The predicted molar refractivity (Wildman–Crippen MR) is 126 cm³/mol. The van der Waals surface area contributed by atoms with E-state index >= 15 is 0 Å². The van der Waals surface area contributed by atoms with Crippen molar-refractivity contribution in [3.63, 3.8) is 0 Å². The van der Waals surface area contributed by atoms with Gasteiger partial charge in [0.2, 0.25) is 5.91 Å². The summed E-state index contributed by atoms with van der Waals surface area (Å²) in [5, 5.41) is 8.75. The first kappa shape index (κ1) is 22.8. The molecule has 1 atom stereocenters. The normalized spacial score (nSPS) is 17.6. The quantitative estimate of drug-likeness (QED) is 0.574. The Bertz CT molecular complexity index is 963. The van der Waals surface area contributed by atoms with Crippen LogP contribution in [-0.2, 0) is 9.53 Å². The van der Waals surface area contributed by atoms with Gasteiger partial charge in [-0.2, -0.15) is 0 Å². The van der Waals surface area contributed by atoms with Gasteiger partial charge in [-0.3, -0.25) is 14.4 Å². The molecule has 3 amide bonds. The first-order chi connectivity index (χ1) is 16.1. The van der Waals surface area contributed by atoms with Gasteiger partial charge in [-0.25, -0.2) is 0 Å². The smallest absolute Gasteiger partial charge is 0.253 e. The Morgan fingerprint density at radius 2 is 1.55 bits per heavy atom. The van der Waals surface area contributed by atoms with Crippen LogP contribution in [0.5, 0.6) is 0 Å². The molecule has 2 heterocycles. The monoisotopic (exact) mass is 450 g/mol. The van der Waals surface area contributed by atoms with Gasteiger partial charge in [-0.15, -0.1) is 0 Å². The van der Waals surface area contributed by atoms with Gasteiger partial charge in [-0.1, -0.05) is 0 Å². The minimum atomic E-state index is -0.206. The van der Waals surface area contributed by atoms with Crippen molar-refractivity contribution >= 4 is 29.1 Å². The van der Waals surface area contributed by atoms with Crippen molar-refractivity contribution in [2.75, 3.05) is 43.4 Å². The summed E-state index contributed by atoms with van der Waals surface area (Å²) in [5.74, 6) is -0.305. The number of amides is 3. The Morgan fingerprint density at radius 3 is 2.21 bits per heavy atom. The van der Waals surface area contributed by atoms with Crippen LogP contribution in [0.25, 0.3) is 0 Å². The van der Waals surface area contributed by atoms with Crippen LogP contribution in [0.1, 0.15) is 46.4 Å². The number of carbonyl (C=O) groups is 3. The molecule has 2 fully saturated rings. The third-order valence-corrected chi connectivity index (χ3v) is 5.92. The molecule has 2 saturated heterocycles. The molecule has 0 spiro atoms. The van der Waals surface area contributed by atoms with Gasteiger partial charge >= 0.3 is 0 Å². The van der Waals surface area contributed by atoms with Gasteiger partial charge in [0, 0.05) is 48.7 Å². The standard InChI is InChI=1S/C25H30N4O4/c30-23(17-26-20-9-7-19(8-10-20)25(32)29-13-1-2-14-29)28-21-11-5-18(6-12-21)24(31)27-16-22-4-3-15-33-22/h5-12,22,26H,1-4,13-17H2,(H,27,31)(H,28,30). The van der Waals surface area contributed by atoms with E-state index in [2.05, 4.69) is 16.0 Å². The molecule has 0 radical (unpaired) electrons. The van der Waals surface area contributed by atoms with Crippen molar-refractivity contribution < 1.29 is 19.1 Å². The Balaban J connectivity index is 1.20. The van der Waals surface area contributed by atoms with Crippen LogP contribution >= 0.6 is 0 Å². The summed E-state index contributed by atoms with van der Waals surface area (Å²) in [7, 11) is 0. The average molecular weight is 451 g/mol. The summed E-state index contributed by atoms with van der Waals surface area (Å²) in [6.45, 7) is 2.99. The number of carbonyl (C=O) groups excluding carboxylic acids is 3. The van der Waals surface area contributed by atoms with E-state index in [0.29, 0.717) is 23.4 Å². The van der Waals surface area contributed by atoms with Crippen molar-refractivity contribution in [3.8, 4) is 0 Å². The van der Waals surface area contributed by atoms with Gasteiger partial charge in [-0.05, 0) is 74.2 Å². The highest BCUT2D eigenvalue weighted by molar-refractivity contribution is 5.97. The van der Waals surface area contributed by atoms with Crippen LogP contribution in [0.3, 0.4) is 0 Å². The van der Waals surface area contributed by atoms with Gasteiger partial charge < -0.3 is 25.6 Å². The van der Waals surface area contributed by atoms with Crippen molar-refractivity contribution in [2.45, 2.75) is 31.8 Å². The van der Waals surface area contributed by atoms with Crippen LogP contribution in [0.2, 0.25) is 0 Å². The minimum absolute atomic E-state index is 0.0563. The number of ether oxygens (including phenoxy) is 1. The van der Waals surface area contributed by atoms with Crippen LogP contribution in [0.15, 0.2) is 48.5 Å². The molecular formula is C25H30N4O4. The highest BCUT2D eigenvalue weighted by atomic mass is 16.5. The molecule has 2 aromatic carbocycles. The second kappa shape index (κ2) is 11.0. The molecule has 1 unspecified atom stereocenters. The van der Waals surface area contributed by atoms with Crippen LogP contribution in [0, 0.1) is 0 Å². The summed E-state index contributed by atoms with van der Waals surface area (Å²) < 4.78 is 5.51. The van der Waals surface area contributed by atoms with E-state index in [9.17, 15) is 14.4 Å². The molecule has 8 nitrogen and oxygen atoms in total. The molecule has 2 aliphatic rings. The minimum Gasteiger partial charge on any atom is -0.376 e. The highest BCUT2D eigenvalue weighted by Gasteiger charge is 2.19. The van der Waals surface area contributed by atoms with E-state index in [1.807, 2.05) is 4.90 Å². The Morgan fingerprint density at radius 1 is 0.879 bits per heavy atom. The number of nitrogens with one attached hydrogen (secondary N) is 3. The van der Waals surface area contributed by atoms with E-state index < -0.39 is 0 Å². The summed E-state index contributed by atoms with van der Waals surface area (Å²) in [6.07, 6.45) is 4.23. The third-order valence-electron chi connectivity index (χ3n) is 5.92. The van der Waals surface area contributed by atoms with Crippen LogP contribution in [-0.4, -0.2) is 61.5 Å². The highest BCUT2D eigenvalue weighted by Crippen LogP contribution is 2.16. The van der Waals surface area contributed by atoms with Crippen molar-refractivity contribution in [1.82, 2.24) is 10.2 Å².